The summed E-state index contributed by atoms with van der Waals surface area (Å²) in [6.07, 6.45) is -6.84. The van der Waals surface area contributed by atoms with Crippen LogP contribution in [0.15, 0.2) is 36.7 Å². The van der Waals surface area contributed by atoms with E-state index in [0.29, 0.717) is 0 Å². The molecule has 1 saturated heterocycles. The number of para-hydroxylation sites is 1. The van der Waals surface area contributed by atoms with Gasteiger partial charge in [-0.1, -0.05) is 59.7 Å². The number of aromatic nitrogens is 4. The molecule has 0 amide bonds. The van der Waals surface area contributed by atoms with Gasteiger partial charge in [-0.15, -0.1) is 0 Å². The van der Waals surface area contributed by atoms with Crippen molar-refractivity contribution in [3.05, 3.63) is 41.9 Å². The van der Waals surface area contributed by atoms with Gasteiger partial charge in [-0.3, -0.25) is 13.9 Å². The zero-order valence-corrected chi connectivity index (χ0v) is 38.6. The molecular weight excluding hydrogens is 876 g/mol. The van der Waals surface area contributed by atoms with Crippen LogP contribution in [0.3, 0.4) is 0 Å². The Hall–Kier alpha value is -2.65. The third kappa shape index (κ3) is 16.9. The summed E-state index contributed by atoms with van der Waals surface area (Å²) in [7, 11) is -16.5. The minimum absolute atomic E-state index is 0.0454. The Bertz CT molecular complexity index is 1890. The molecule has 3 aromatic rings. The van der Waals surface area contributed by atoms with Gasteiger partial charge >= 0.3 is 29.4 Å². The van der Waals surface area contributed by atoms with Gasteiger partial charge in [-0.25, -0.2) is 23.1 Å². The number of hydrogen-bond donors (Lipinski definition) is 5. The molecule has 1 aromatic carbocycles. The number of esters is 1. The summed E-state index contributed by atoms with van der Waals surface area (Å²) in [5.41, 5.74) is 5.75. The summed E-state index contributed by atoms with van der Waals surface area (Å²) < 4.78 is 84.2. The number of rotatable bonds is 20. The number of hydrogen-bond acceptors (Lipinski definition) is 17. The lowest BCUT2D eigenvalue weighted by Gasteiger charge is -2.25. The highest BCUT2D eigenvalue weighted by molar-refractivity contribution is 7.68. The molecule has 3 unspecified atom stereocenters. The lowest BCUT2D eigenvalue weighted by Crippen LogP contribution is -2.36. The number of imidazole rings is 1. The van der Waals surface area contributed by atoms with Crippen molar-refractivity contribution in [1.82, 2.24) is 34.4 Å². The van der Waals surface area contributed by atoms with E-state index >= 15 is 4.39 Å². The van der Waals surface area contributed by atoms with E-state index in [1.165, 1.54) is 70.5 Å². The van der Waals surface area contributed by atoms with E-state index < -0.39 is 72.7 Å². The number of alkyl halides is 1. The van der Waals surface area contributed by atoms with E-state index in [4.69, 9.17) is 31.3 Å². The average Bonchev–Trinajstić information content (AvgIpc) is 3.71. The molecule has 21 nitrogen and oxygen atoms in total. The number of fused-ring (bicyclic) bond motifs is 1. The minimum Gasteiger partial charge on any atom is -0.462 e. The van der Waals surface area contributed by atoms with Crippen molar-refractivity contribution in [1.29, 1.82) is 0 Å². The van der Waals surface area contributed by atoms with Crippen molar-refractivity contribution in [2.75, 3.05) is 51.6 Å². The van der Waals surface area contributed by atoms with Crippen LogP contribution in [-0.4, -0.2) is 127 Å². The summed E-state index contributed by atoms with van der Waals surface area (Å²) in [6.45, 7) is 23.4. The lowest BCUT2D eigenvalue weighted by atomic mass is 10.1. The van der Waals surface area contributed by atoms with Crippen LogP contribution in [0, 0.1) is 0 Å². The number of ether oxygens (including phenoxy) is 2. The maximum Gasteiger partial charge on any atom is 0.490 e. The Morgan fingerprint density at radius 1 is 0.950 bits per heavy atom. The number of carbonyl (C=O) groups is 1. The maximum absolute atomic E-state index is 15.1. The van der Waals surface area contributed by atoms with Gasteiger partial charge in [-0.2, -0.15) is 23.7 Å². The Labute approximate surface area is 354 Å². The van der Waals surface area contributed by atoms with Gasteiger partial charge in [0.25, 0.3) is 0 Å². The molecule has 0 spiro atoms. The number of aliphatic hydroxyl groups excluding tert-OH is 1. The second-order valence-electron chi connectivity index (χ2n) is 13.1. The van der Waals surface area contributed by atoms with Crippen LogP contribution in [0.1, 0.15) is 68.5 Å². The van der Waals surface area contributed by atoms with E-state index in [9.17, 15) is 33.4 Å². The Kier molecular flexibility index (Phi) is 22.2. The van der Waals surface area contributed by atoms with E-state index in [1.807, 2.05) is 0 Å². The second-order valence-corrected chi connectivity index (χ2v) is 18.3. The van der Waals surface area contributed by atoms with Gasteiger partial charge in [0.2, 0.25) is 5.28 Å². The highest BCUT2D eigenvalue weighted by Gasteiger charge is 2.49. The molecule has 0 saturated carbocycles. The molecule has 1 aliphatic rings. The number of carbonyl (C=O) groups excluding carboxylic acids is 1. The van der Waals surface area contributed by atoms with Crippen LogP contribution in [0.4, 0.5) is 10.2 Å². The fourth-order valence-corrected chi connectivity index (χ4v) is 9.85. The van der Waals surface area contributed by atoms with Crippen LogP contribution in [-0.2, 0) is 41.1 Å². The van der Waals surface area contributed by atoms with E-state index in [1.54, 1.807) is 19.9 Å². The number of phosphoric ester groups is 1. The number of phosphoric acid groups is 2. The first kappa shape index (κ1) is 53.5. The molecular formula is C34H59ClFN8O13P3. The minimum atomic E-state index is -5.83. The highest BCUT2D eigenvalue weighted by Crippen LogP contribution is 2.67. The van der Waals surface area contributed by atoms with Crippen LogP contribution in [0.5, 0.6) is 5.75 Å². The predicted octanol–water partition coefficient (Wildman–Crippen LogP) is 5.72. The lowest BCUT2D eigenvalue weighted by molar-refractivity contribution is -0.149. The van der Waals surface area contributed by atoms with E-state index in [-0.39, 0.29) is 28.0 Å². The summed E-state index contributed by atoms with van der Waals surface area (Å²) in [6, 6.07) is 5.63. The molecule has 1 fully saturated rings. The molecule has 2 aromatic heterocycles. The normalized spacial score (nSPS) is 21.3. The smallest absolute Gasteiger partial charge is 0.462 e. The summed E-state index contributed by atoms with van der Waals surface area (Å²) in [5, 5.41) is 12.2. The first-order valence-corrected chi connectivity index (χ1v) is 24.1. The monoisotopic (exact) mass is 934 g/mol. The fourth-order valence-electron chi connectivity index (χ4n) is 5.29. The largest absolute Gasteiger partial charge is 0.490 e. The highest BCUT2D eigenvalue weighted by atomic mass is 35.5. The van der Waals surface area contributed by atoms with Crippen molar-refractivity contribution in [3.8, 4) is 5.75 Å². The van der Waals surface area contributed by atoms with Gasteiger partial charge in [0.05, 0.1) is 19.0 Å². The molecule has 4 rings (SSSR count). The molecule has 342 valence electrons. The van der Waals surface area contributed by atoms with Gasteiger partial charge in [-0.05, 0) is 83.8 Å². The quantitative estimate of drug-likeness (QED) is 0.0515. The number of anilines is 1. The van der Waals surface area contributed by atoms with Crippen molar-refractivity contribution in [2.45, 2.75) is 99.1 Å². The Morgan fingerprint density at radius 3 is 2.00 bits per heavy atom. The van der Waals surface area contributed by atoms with Gasteiger partial charge in [0.1, 0.15) is 29.5 Å². The van der Waals surface area contributed by atoms with Crippen LogP contribution >= 0.6 is 35.0 Å². The van der Waals surface area contributed by atoms with Gasteiger partial charge in [0.15, 0.2) is 23.9 Å². The van der Waals surface area contributed by atoms with Crippen molar-refractivity contribution < 1.29 is 64.9 Å². The number of nitrogens with zero attached hydrogens (tertiary/aromatic N) is 6. The van der Waals surface area contributed by atoms with Crippen molar-refractivity contribution in [3.63, 3.8) is 0 Å². The number of nitrogens with two attached hydrogens (primary N) is 1. The van der Waals surface area contributed by atoms with Crippen LogP contribution < -0.4 is 15.3 Å². The third-order valence-electron chi connectivity index (χ3n) is 8.52. The molecule has 1 aliphatic heterocycles. The Morgan fingerprint density at radius 2 is 1.50 bits per heavy atom. The third-order valence-corrected chi connectivity index (χ3v) is 13.7. The standard InChI is InChI=1S/C22H29ClFN6O13P3.2C6H15N/c1-11(2)39-21(32)12(3)29-44(33,41-13-7-5-4-6-8-13)42-46(36,37)43-45(34,35)38-9-14-17(31)15(24)20(40-14)30-10-26-16-18(25)27-22(23)28-19(16)30;2*1-4-7(5-2)6-3/h4-8,10-12,14-15,17,20,31H,9H2,1-3H3,(H,29,33)(H,34,35)(H,36,37)(H2,25,27,28);2*4-6H2,1-3H3/t12-,14+,15-,17+,20+,44?;;/m0../s1. The molecule has 0 bridgehead atoms. The Balaban J connectivity index is 0.000000758. The molecule has 60 heavy (non-hydrogen) atoms. The summed E-state index contributed by atoms with van der Waals surface area (Å²) in [5.74, 6) is -1.21. The zero-order valence-electron chi connectivity index (χ0n) is 35.2. The van der Waals surface area contributed by atoms with Crippen LogP contribution in [0.2, 0.25) is 5.28 Å². The number of nitrogen functional groups attached to an aromatic ring is 1. The van der Waals surface area contributed by atoms with Gasteiger partial charge < -0.3 is 44.4 Å². The zero-order chi connectivity index (χ0) is 45.4. The number of aliphatic hydroxyl groups is 1. The van der Waals surface area contributed by atoms with Gasteiger partial charge in [0, 0.05) is 0 Å². The maximum atomic E-state index is 15.1. The molecule has 26 heteroatoms. The molecule has 3 heterocycles. The number of nitrogens with one attached hydrogen (secondary N) is 1. The van der Waals surface area contributed by atoms with Crippen molar-refractivity contribution in [2.24, 2.45) is 0 Å². The predicted molar refractivity (Wildman–Crippen MR) is 223 cm³/mol. The molecule has 6 N–H and O–H groups in total. The number of halogens is 2. The summed E-state index contributed by atoms with van der Waals surface area (Å²) in [4.78, 5) is 49.0. The van der Waals surface area contributed by atoms with E-state index in [0.717, 1.165) is 10.9 Å². The van der Waals surface area contributed by atoms with Crippen molar-refractivity contribution >= 4 is 57.9 Å². The first-order chi connectivity index (χ1) is 28.1. The number of benzene rings is 1. The molecule has 8 atom stereocenters. The SMILES string of the molecule is CC(C)OC(=O)[C@H](C)NP(=O)(Oc1ccccc1)OP(=O)(O)OP(=O)(O)OC[C@H]1O[C@@H](n2cnc3c(N)nc(Cl)nc32)[C@@H](F)[C@@H]1O.CCN(CC)CC.CCN(CC)CC. The molecule has 0 aliphatic carbocycles. The average molecular weight is 935 g/mol. The summed E-state index contributed by atoms with van der Waals surface area (Å²) >= 11 is 5.82. The molecule has 0 radical (unpaired) electrons. The first-order valence-electron chi connectivity index (χ1n) is 19.2. The second kappa shape index (κ2) is 24.8. The topological polar surface area (TPSA) is 272 Å². The fraction of sp³-hybridized carbons (Fsp3) is 0.647. The van der Waals surface area contributed by atoms with Crippen LogP contribution in [0.25, 0.3) is 11.2 Å². The van der Waals surface area contributed by atoms with E-state index in [2.05, 4.69) is 84.5 Å².